The molecular weight excluding hydrogens is 250 g/mol. The summed E-state index contributed by atoms with van der Waals surface area (Å²) in [4.78, 5) is 2.46. The lowest BCUT2D eigenvalue weighted by atomic mass is 9.85. The van der Waals surface area contributed by atoms with Crippen LogP contribution >= 0.6 is 0 Å². The highest BCUT2D eigenvalue weighted by Gasteiger charge is 2.26. The molecule has 0 bridgehead atoms. The van der Waals surface area contributed by atoms with E-state index in [0.717, 1.165) is 50.8 Å². The van der Waals surface area contributed by atoms with Gasteiger partial charge in [0, 0.05) is 44.0 Å². The fourth-order valence-electron chi connectivity index (χ4n) is 2.90. The van der Waals surface area contributed by atoms with E-state index < -0.39 is 0 Å². The summed E-state index contributed by atoms with van der Waals surface area (Å²) in [5, 5.41) is 6.90. The van der Waals surface area contributed by atoms with Gasteiger partial charge in [0.25, 0.3) is 0 Å². The predicted molar refractivity (Wildman–Crippen MR) is 84.2 cm³/mol. The highest BCUT2D eigenvalue weighted by atomic mass is 16.5. The number of piperazine rings is 1. The molecule has 0 amide bonds. The van der Waals surface area contributed by atoms with Gasteiger partial charge in [0.2, 0.25) is 0 Å². The Hall–Kier alpha value is -1.42. The van der Waals surface area contributed by atoms with Crippen LogP contribution in [0.15, 0.2) is 12.1 Å². The molecule has 1 saturated heterocycles. The Morgan fingerprint density at radius 2 is 1.85 bits per heavy atom. The zero-order valence-corrected chi connectivity index (χ0v) is 12.8. The van der Waals surface area contributed by atoms with E-state index in [-0.39, 0.29) is 5.41 Å². The van der Waals surface area contributed by atoms with Crippen LogP contribution < -0.4 is 20.3 Å². The zero-order valence-electron chi connectivity index (χ0n) is 12.8. The number of fused-ring (bicyclic) bond motifs is 1. The van der Waals surface area contributed by atoms with E-state index in [4.69, 9.17) is 4.74 Å². The predicted octanol–water partition coefficient (Wildman–Crippen LogP) is 2.20. The van der Waals surface area contributed by atoms with Gasteiger partial charge >= 0.3 is 0 Å². The van der Waals surface area contributed by atoms with Crippen LogP contribution in [0.25, 0.3) is 0 Å². The lowest BCUT2D eigenvalue weighted by Crippen LogP contribution is -2.43. The quantitative estimate of drug-likeness (QED) is 0.824. The summed E-state index contributed by atoms with van der Waals surface area (Å²) < 4.78 is 5.93. The van der Waals surface area contributed by atoms with Gasteiger partial charge in [-0.25, -0.2) is 0 Å². The molecule has 0 spiro atoms. The van der Waals surface area contributed by atoms with Crippen molar-refractivity contribution in [3.63, 3.8) is 0 Å². The van der Waals surface area contributed by atoms with Crippen LogP contribution in [0.2, 0.25) is 0 Å². The lowest BCUT2D eigenvalue weighted by Gasteiger charge is -2.34. The molecule has 20 heavy (non-hydrogen) atoms. The van der Waals surface area contributed by atoms with Gasteiger partial charge in [-0.3, -0.25) is 0 Å². The molecule has 0 aromatic heterocycles. The summed E-state index contributed by atoms with van der Waals surface area (Å²) in [7, 11) is 0. The van der Waals surface area contributed by atoms with Crippen molar-refractivity contribution in [2.45, 2.75) is 26.2 Å². The van der Waals surface area contributed by atoms with Crippen LogP contribution in [0.4, 0.5) is 11.4 Å². The van der Waals surface area contributed by atoms with Crippen LogP contribution in [0.5, 0.6) is 5.75 Å². The molecule has 2 aliphatic rings. The largest absolute Gasteiger partial charge is 0.489 e. The monoisotopic (exact) mass is 275 g/mol. The SMILES string of the molecule is CC(C)(C)c1cc(N2CCNCC2)cc2c1OCCN2. The van der Waals surface area contributed by atoms with E-state index in [2.05, 4.69) is 48.4 Å². The number of nitrogens with one attached hydrogen (secondary N) is 2. The molecule has 1 aromatic carbocycles. The summed E-state index contributed by atoms with van der Waals surface area (Å²) in [6.45, 7) is 12.7. The Kier molecular flexibility index (Phi) is 3.50. The fraction of sp³-hybridized carbons (Fsp3) is 0.625. The molecule has 0 unspecified atom stereocenters. The third kappa shape index (κ3) is 2.57. The van der Waals surface area contributed by atoms with Crippen LogP contribution in [0.3, 0.4) is 0 Å². The number of hydrogen-bond acceptors (Lipinski definition) is 4. The average molecular weight is 275 g/mol. The van der Waals surface area contributed by atoms with Gasteiger partial charge in [-0.2, -0.15) is 0 Å². The molecule has 4 heteroatoms. The van der Waals surface area contributed by atoms with Crippen molar-refractivity contribution in [1.29, 1.82) is 0 Å². The summed E-state index contributed by atoms with van der Waals surface area (Å²) >= 11 is 0. The summed E-state index contributed by atoms with van der Waals surface area (Å²) in [5.74, 6) is 1.04. The fourth-order valence-corrected chi connectivity index (χ4v) is 2.90. The van der Waals surface area contributed by atoms with E-state index in [0.29, 0.717) is 0 Å². The van der Waals surface area contributed by atoms with Crippen molar-refractivity contribution in [2.75, 3.05) is 49.5 Å². The van der Waals surface area contributed by atoms with Gasteiger partial charge in [-0.05, 0) is 17.5 Å². The minimum absolute atomic E-state index is 0.0904. The second-order valence-electron chi connectivity index (χ2n) is 6.63. The molecule has 2 aliphatic heterocycles. The van der Waals surface area contributed by atoms with Gasteiger partial charge in [-0.1, -0.05) is 20.8 Å². The molecule has 0 aliphatic carbocycles. The van der Waals surface area contributed by atoms with E-state index in [9.17, 15) is 0 Å². The van der Waals surface area contributed by atoms with Crippen molar-refractivity contribution >= 4 is 11.4 Å². The minimum Gasteiger partial charge on any atom is -0.489 e. The van der Waals surface area contributed by atoms with Gasteiger partial charge in [0.1, 0.15) is 12.4 Å². The van der Waals surface area contributed by atoms with Crippen molar-refractivity contribution in [1.82, 2.24) is 5.32 Å². The van der Waals surface area contributed by atoms with E-state index in [1.807, 2.05) is 0 Å². The Bertz CT molecular complexity index is 487. The van der Waals surface area contributed by atoms with Crippen LogP contribution in [-0.4, -0.2) is 39.3 Å². The van der Waals surface area contributed by atoms with Crippen molar-refractivity contribution in [3.05, 3.63) is 17.7 Å². The molecule has 0 radical (unpaired) electrons. The molecule has 2 N–H and O–H groups in total. The average Bonchev–Trinajstić information content (AvgIpc) is 2.46. The summed E-state index contributed by atoms with van der Waals surface area (Å²) in [6.07, 6.45) is 0. The van der Waals surface area contributed by atoms with Crippen LogP contribution in [0.1, 0.15) is 26.3 Å². The number of rotatable bonds is 1. The first-order valence-corrected chi connectivity index (χ1v) is 7.56. The van der Waals surface area contributed by atoms with Crippen molar-refractivity contribution < 1.29 is 4.74 Å². The van der Waals surface area contributed by atoms with Crippen LogP contribution in [-0.2, 0) is 5.41 Å². The van der Waals surface area contributed by atoms with Gasteiger partial charge in [-0.15, -0.1) is 0 Å². The molecule has 4 nitrogen and oxygen atoms in total. The number of benzene rings is 1. The molecule has 0 atom stereocenters. The Morgan fingerprint density at radius 3 is 2.55 bits per heavy atom. The standard InChI is InChI=1S/C16H25N3O/c1-16(2,3)13-10-12(19-7-4-17-5-8-19)11-14-15(13)20-9-6-18-14/h10-11,17-18H,4-9H2,1-3H3. The molecule has 0 saturated carbocycles. The third-order valence-corrected chi connectivity index (χ3v) is 4.03. The molecular formula is C16H25N3O. The van der Waals surface area contributed by atoms with E-state index in [1.54, 1.807) is 0 Å². The van der Waals surface area contributed by atoms with Crippen molar-refractivity contribution in [2.24, 2.45) is 0 Å². The maximum absolute atomic E-state index is 5.93. The molecule has 3 rings (SSSR count). The molecule has 1 fully saturated rings. The number of hydrogen-bond donors (Lipinski definition) is 2. The third-order valence-electron chi connectivity index (χ3n) is 4.03. The smallest absolute Gasteiger partial charge is 0.146 e. The van der Waals surface area contributed by atoms with E-state index in [1.165, 1.54) is 11.3 Å². The van der Waals surface area contributed by atoms with Gasteiger partial charge < -0.3 is 20.3 Å². The number of anilines is 2. The summed E-state index contributed by atoms with van der Waals surface area (Å²) in [5.41, 5.74) is 3.86. The second-order valence-corrected chi connectivity index (χ2v) is 6.63. The maximum Gasteiger partial charge on any atom is 0.146 e. The first kappa shape index (κ1) is 13.6. The lowest BCUT2D eigenvalue weighted by molar-refractivity contribution is 0.314. The normalized spacial score (nSPS) is 19.1. The number of nitrogens with zero attached hydrogens (tertiary/aromatic N) is 1. The second kappa shape index (κ2) is 5.17. The maximum atomic E-state index is 5.93. The Labute approximate surface area is 121 Å². The van der Waals surface area contributed by atoms with Gasteiger partial charge in [0.05, 0.1) is 5.69 Å². The topological polar surface area (TPSA) is 36.5 Å². The van der Waals surface area contributed by atoms with E-state index >= 15 is 0 Å². The highest BCUT2D eigenvalue weighted by Crippen LogP contribution is 2.41. The van der Waals surface area contributed by atoms with Gasteiger partial charge in [0.15, 0.2) is 0 Å². The Balaban J connectivity index is 2.03. The highest BCUT2D eigenvalue weighted by molar-refractivity contribution is 5.71. The molecule has 110 valence electrons. The number of ether oxygens (including phenoxy) is 1. The zero-order chi connectivity index (χ0) is 14.2. The first-order valence-electron chi connectivity index (χ1n) is 7.56. The Morgan fingerprint density at radius 1 is 1.10 bits per heavy atom. The van der Waals surface area contributed by atoms with Crippen molar-refractivity contribution in [3.8, 4) is 5.75 Å². The molecule has 1 aromatic rings. The minimum atomic E-state index is 0.0904. The summed E-state index contributed by atoms with van der Waals surface area (Å²) in [6, 6.07) is 4.56. The molecule has 2 heterocycles. The van der Waals surface area contributed by atoms with Crippen LogP contribution in [0, 0.1) is 0 Å². The first-order chi connectivity index (χ1) is 9.55.